The van der Waals surface area contributed by atoms with Gasteiger partial charge >= 0.3 is 6.03 Å². The molecule has 1 atom stereocenters. The van der Waals surface area contributed by atoms with Crippen molar-refractivity contribution in [2.45, 2.75) is 19.4 Å². The van der Waals surface area contributed by atoms with E-state index in [4.69, 9.17) is 9.47 Å². The number of ether oxygens (including phenoxy) is 2. The van der Waals surface area contributed by atoms with Gasteiger partial charge in [-0.1, -0.05) is 24.3 Å². The first-order valence-electron chi connectivity index (χ1n) is 7.81. The predicted octanol–water partition coefficient (Wildman–Crippen LogP) is 2.97. The van der Waals surface area contributed by atoms with Gasteiger partial charge < -0.3 is 25.2 Å². The normalized spacial score (nSPS) is 13.4. The Morgan fingerprint density at radius 1 is 1.21 bits per heavy atom. The first-order chi connectivity index (χ1) is 11.6. The number of hydrogen-bond acceptors (Lipinski definition) is 4. The van der Waals surface area contributed by atoms with Crippen LogP contribution >= 0.6 is 0 Å². The molecule has 3 N–H and O–H groups in total. The van der Waals surface area contributed by atoms with Crippen molar-refractivity contribution >= 4 is 11.7 Å². The Bertz CT molecular complexity index is 733. The highest BCUT2D eigenvalue weighted by atomic mass is 16.7. The van der Waals surface area contributed by atoms with E-state index in [-0.39, 0.29) is 12.8 Å². The number of hydrogen-bond donors (Lipinski definition) is 3. The number of anilines is 1. The summed E-state index contributed by atoms with van der Waals surface area (Å²) in [6, 6.07) is 12.6. The molecule has 0 aliphatic carbocycles. The Kier molecular flexibility index (Phi) is 4.86. The number of aryl methyl sites for hydroxylation is 1. The van der Waals surface area contributed by atoms with E-state index in [1.54, 1.807) is 18.2 Å². The number of aliphatic hydroxyl groups excluding tert-OH is 1. The molecule has 3 rings (SSSR count). The predicted molar refractivity (Wildman–Crippen MR) is 90.3 cm³/mol. The van der Waals surface area contributed by atoms with Crippen molar-refractivity contribution in [3.63, 3.8) is 0 Å². The second-order valence-electron chi connectivity index (χ2n) is 5.61. The minimum Gasteiger partial charge on any atom is -0.454 e. The number of aliphatic hydroxyl groups is 1. The summed E-state index contributed by atoms with van der Waals surface area (Å²) in [5.41, 5.74) is 2.50. The van der Waals surface area contributed by atoms with E-state index >= 15 is 0 Å². The van der Waals surface area contributed by atoms with E-state index in [2.05, 4.69) is 10.6 Å². The van der Waals surface area contributed by atoms with E-state index in [0.717, 1.165) is 16.8 Å². The molecule has 2 aromatic carbocycles. The van der Waals surface area contributed by atoms with Gasteiger partial charge in [0.1, 0.15) is 0 Å². The van der Waals surface area contributed by atoms with Crippen LogP contribution in [-0.2, 0) is 0 Å². The summed E-state index contributed by atoms with van der Waals surface area (Å²) in [5, 5.41) is 15.8. The molecule has 1 aliphatic rings. The molecule has 6 heteroatoms. The highest BCUT2D eigenvalue weighted by Gasteiger charge is 2.16. The molecule has 0 saturated heterocycles. The van der Waals surface area contributed by atoms with E-state index in [0.29, 0.717) is 24.5 Å². The fourth-order valence-electron chi connectivity index (χ4n) is 2.49. The molecule has 24 heavy (non-hydrogen) atoms. The fraction of sp³-hybridized carbons (Fsp3) is 0.278. The monoisotopic (exact) mass is 328 g/mol. The summed E-state index contributed by atoms with van der Waals surface area (Å²) < 4.78 is 10.5. The van der Waals surface area contributed by atoms with Crippen LogP contribution in [-0.4, -0.2) is 24.5 Å². The summed E-state index contributed by atoms with van der Waals surface area (Å²) in [4.78, 5) is 11.9. The van der Waals surface area contributed by atoms with Gasteiger partial charge in [0.2, 0.25) is 6.79 Å². The number of carbonyl (C=O) groups is 1. The average molecular weight is 328 g/mol. The van der Waals surface area contributed by atoms with Crippen molar-refractivity contribution in [2.24, 2.45) is 0 Å². The number of nitrogens with one attached hydrogen (secondary N) is 2. The van der Waals surface area contributed by atoms with Gasteiger partial charge in [-0.3, -0.25) is 0 Å². The van der Waals surface area contributed by atoms with Crippen LogP contribution in [0.3, 0.4) is 0 Å². The highest BCUT2D eigenvalue weighted by molar-refractivity contribution is 5.89. The van der Waals surface area contributed by atoms with Crippen molar-refractivity contribution in [1.82, 2.24) is 5.32 Å². The van der Waals surface area contributed by atoms with E-state index in [9.17, 15) is 9.90 Å². The zero-order valence-electron chi connectivity index (χ0n) is 13.4. The first kappa shape index (κ1) is 16.1. The largest absolute Gasteiger partial charge is 0.454 e. The third kappa shape index (κ3) is 3.78. The van der Waals surface area contributed by atoms with Crippen LogP contribution in [0.4, 0.5) is 10.5 Å². The van der Waals surface area contributed by atoms with Crippen LogP contribution in [0.1, 0.15) is 23.7 Å². The van der Waals surface area contributed by atoms with Crippen LogP contribution in [0.2, 0.25) is 0 Å². The number of amides is 2. The summed E-state index contributed by atoms with van der Waals surface area (Å²) in [7, 11) is 0. The Labute approximate surface area is 140 Å². The summed E-state index contributed by atoms with van der Waals surface area (Å²) in [6.45, 7) is 2.49. The van der Waals surface area contributed by atoms with Crippen LogP contribution in [0.25, 0.3) is 0 Å². The van der Waals surface area contributed by atoms with Crippen molar-refractivity contribution in [1.29, 1.82) is 0 Å². The first-order valence-corrected chi connectivity index (χ1v) is 7.81. The highest BCUT2D eigenvalue weighted by Crippen LogP contribution is 2.34. The van der Waals surface area contributed by atoms with Crippen LogP contribution < -0.4 is 20.1 Å². The van der Waals surface area contributed by atoms with E-state index in [1.807, 2.05) is 31.2 Å². The fourth-order valence-corrected chi connectivity index (χ4v) is 2.49. The molecule has 2 amide bonds. The molecule has 0 radical (unpaired) electrons. The number of para-hydroxylation sites is 1. The second-order valence-corrected chi connectivity index (χ2v) is 5.61. The van der Waals surface area contributed by atoms with Gasteiger partial charge in [0.25, 0.3) is 0 Å². The van der Waals surface area contributed by atoms with Crippen molar-refractivity contribution in [3.8, 4) is 11.5 Å². The van der Waals surface area contributed by atoms with E-state index < -0.39 is 6.10 Å². The standard InChI is InChI=1S/C18H20N2O4/c1-12-4-2-3-5-14(12)20-18(22)19-9-8-15(21)13-6-7-16-17(10-13)24-11-23-16/h2-7,10,15,21H,8-9,11H2,1H3,(H2,19,20,22)/t15-/m1/s1. The minimum atomic E-state index is -0.682. The lowest BCUT2D eigenvalue weighted by Gasteiger charge is -2.13. The summed E-state index contributed by atoms with van der Waals surface area (Å²) in [5.74, 6) is 1.32. The van der Waals surface area contributed by atoms with Gasteiger partial charge in [-0.2, -0.15) is 0 Å². The lowest BCUT2D eigenvalue weighted by molar-refractivity contribution is 0.165. The molecular weight excluding hydrogens is 308 g/mol. The van der Waals surface area contributed by atoms with Crippen LogP contribution in [0, 0.1) is 6.92 Å². The summed E-state index contributed by atoms with van der Waals surface area (Å²) in [6.07, 6.45) is -0.279. The number of rotatable bonds is 5. The summed E-state index contributed by atoms with van der Waals surface area (Å²) >= 11 is 0. The van der Waals surface area contributed by atoms with Gasteiger partial charge in [-0.25, -0.2) is 4.79 Å². The van der Waals surface area contributed by atoms with Crippen LogP contribution in [0.15, 0.2) is 42.5 Å². The Morgan fingerprint density at radius 3 is 2.83 bits per heavy atom. The van der Waals surface area contributed by atoms with Crippen molar-refractivity contribution in [2.75, 3.05) is 18.7 Å². The maximum atomic E-state index is 11.9. The molecule has 1 heterocycles. The van der Waals surface area contributed by atoms with Gasteiger partial charge in [0.05, 0.1) is 6.10 Å². The molecule has 1 aliphatic heterocycles. The zero-order valence-corrected chi connectivity index (χ0v) is 13.4. The second kappa shape index (κ2) is 7.23. The van der Waals surface area contributed by atoms with Gasteiger partial charge in [0, 0.05) is 12.2 Å². The van der Waals surface area contributed by atoms with E-state index in [1.165, 1.54) is 0 Å². The number of carbonyl (C=O) groups excluding carboxylic acids is 1. The molecule has 2 aromatic rings. The lowest BCUT2D eigenvalue weighted by Crippen LogP contribution is -2.30. The van der Waals surface area contributed by atoms with Gasteiger partial charge in [-0.15, -0.1) is 0 Å². The maximum absolute atomic E-state index is 11.9. The van der Waals surface area contributed by atoms with Gasteiger partial charge in [0.15, 0.2) is 11.5 Å². The average Bonchev–Trinajstić information content (AvgIpc) is 3.04. The SMILES string of the molecule is Cc1ccccc1NC(=O)NCC[C@@H](O)c1ccc2c(c1)OCO2. The molecule has 0 unspecified atom stereocenters. The third-order valence-electron chi connectivity index (χ3n) is 3.88. The number of benzene rings is 2. The van der Waals surface area contributed by atoms with Crippen molar-refractivity contribution in [3.05, 3.63) is 53.6 Å². The molecule has 0 fully saturated rings. The maximum Gasteiger partial charge on any atom is 0.319 e. The number of fused-ring (bicyclic) bond motifs is 1. The van der Waals surface area contributed by atoms with Crippen LogP contribution in [0.5, 0.6) is 11.5 Å². The van der Waals surface area contributed by atoms with Crippen molar-refractivity contribution < 1.29 is 19.4 Å². The molecular formula is C18H20N2O4. The zero-order chi connectivity index (χ0) is 16.9. The molecule has 126 valence electrons. The number of urea groups is 1. The Morgan fingerprint density at radius 2 is 2.00 bits per heavy atom. The lowest BCUT2D eigenvalue weighted by atomic mass is 10.1. The third-order valence-corrected chi connectivity index (χ3v) is 3.88. The molecule has 0 aromatic heterocycles. The van der Waals surface area contributed by atoms with Gasteiger partial charge in [-0.05, 0) is 42.7 Å². The quantitative estimate of drug-likeness (QED) is 0.788. The molecule has 0 saturated carbocycles. The minimum absolute atomic E-state index is 0.204. The molecule has 6 nitrogen and oxygen atoms in total. The topological polar surface area (TPSA) is 79.8 Å². The Hall–Kier alpha value is -2.73. The Balaban J connectivity index is 1.47. The smallest absolute Gasteiger partial charge is 0.319 e. The molecule has 0 bridgehead atoms. The molecule has 0 spiro atoms.